The van der Waals surface area contributed by atoms with Gasteiger partial charge in [0, 0.05) is 11.4 Å². The first-order chi connectivity index (χ1) is 6.77. The Kier molecular flexibility index (Phi) is 3.24. The number of hydrogen-bond donors (Lipinski definition) is 0. The van der Waals surface area contributed by atoms with Gasteiger partial charge in [-0.05, 0) is 25.3 Å². The number of aryl methyl sites for hydroxylation is 1. The van der Waals surface area contributed by atoms with Crippen molar-refractivity contribution in [1.82, 2.24) is 0 Å². The Hall–Kier alpha value is -0.340. The fourth-order valence-electron chi connectivity index (χ4n) is 1.90. The lowest BCUT2D eigenvalue weighted by atomic mass is 10.00. The number of alkyl halides is 1. The summed E-state index contributed by atoms with van der Waals surface area (Å²) in [6.45, 7) is 3.01. The van der Waals surface area contributed by atoms with Crippen molar-refractivity contribution in [2.75, 3.05) is 6.61 Å². The molecule has 1 heterocycles. The van der Waals surface area contributed by atoms with Gasteiger partial charge in [0.1, 0.15) is 0 Å². The van der Waals surface area contributed by atoms with E-state index in [1.807, 2.05) is 0 Å². The highest BCUT2D eigenvalue weighted by atomic mass is 79.9. The molecule has 2 rings (SSSR count). The number of hydrogen-bond acceptors (Lipinski definition) is 1. The normalized spacial score (nSPS) is 27.6. The van der Waals surface area contributed by atoms with Crippen LogP contribution in [0.2, 0.25) is 0 Å². The summed E-state index contributed by atoms with van der Waals surface area (Å²) in [7, 11) is 0. The molecular weight excluding hydrogens is 240 g/mol. The number of ether oxygens (including phenoxy) is 1. The van der Waals surface area contributed by atoms with E-state index in [0.717, 1.165) is 13.0 Å². The average Bonchev–Trinajstić information content (AvgIpc) is 2.18. The fourth-order valence-corrected chi connectivity index (χ4v) is 2.68. The molecule has 1 saturated heterocycles. The van der Waals surface area contributed by atoms with E-state index in [-0.39, 0.29) is 6.10 Å². The second-order valence-electron chi connectivity index (χ2n) is 3.86. The molecule has 2 heteroatoms. The Labute approximate surface area is 93.6 Å². The van der Waals surface area contributed by atoms with Crippen molar-refractivity contribution < 1.29 is 4.74 Å². The van der Waals surface area contributed by atoms with Gasteiger partial charge in [0.25, 0.3) is 0 Å². The molecule has 1 aromatic carbocycles. The van der Waals surface area contributed by atoms with Crippen molar-refractivity contribution in [2.24, 2.45) is 0 Å². The molecule has 0 unspecified atom stereocenters. The molecule has 1 nitrogen and oxygen atoms in total. The number of halogens is 1. The van der Waals surface area contributed by atoms with Crippen LogP contribution in [0.25, 0.3) is 0 Å². The van der Waals surface area contributed by atoms with Gasteiger partial charge >= 0.3 is 0 Å². The molecule has 1 aliphatic rings. The highest BCUT2D eigenvalue weighted by Gasteiger charge is 2.24. The zero-order chi connectivity index (χ0) is 9.97. The smallest absolute Gasteiger partial charge is 0.0949 e. The SMILES string of the molecule is Cc1cccc([C@H]2OCCC[C@H]2Br)c1. The minimum absolute atomic E-state index is 0.239. The molecule has 0 amide bonds. The first kappa shape index (κ1) is 10.2. The molecule has 1 aromatic rings. The van der Waals surface area contributed by atoms with Gasteiger partial charge in [0.15, 0.2) is 0 Å². The third-order valence-corrected chi connectivity index (χ3v) is 3.56. The molecule has 0 bridgehead atoms. The molecule has 2 atom stereocenters. The van der Waals surface area contributed by atoms with Gasteiger partial charge < -0.3 is 4.74 Å². The summed E-state index contributed by atoms with van der Waals surface area (Å²) >= 11 is 3.69. The van der Waals surface area contributed by atoms with Gasteiger partial charge in [-0.1, -0.05) is 45.8 Å². The second-order valence-corrected chi connectivity index (χ2v) is 5.04. The fraction of sp³-hybridized carbons (Fsp3) is 0.500. The van der Waals surface area contributed by atoms with E-state index in [1.54, 1.807) is 0 Å². The Morgan fingerprint density at radius 2 is 2.29 bits per heavy atom. The van der Waals surface area contributed by atoms with Crippen LogP contribution in [0.3, 0.4) is 0 Å². The maximum atomic E-state index is 5.78. The van der Waals surface area contributed by atoms with Gasteiger partial charge in [-0.3, -0.25) is 0 Å². The summed E-state index contributed by atoms with van der Waals surface area (Å²) in [6.07, 6.45) is 2.61. The van der Waals surface area contributed by atoms with Crippen molar-refractivity contribution >= 4 is 15.9 Å². The molecular formula is C12H15BrO. The van der Waals surface area contributed by atoms with Crippen LogP contribution in [-0.4, -0.2) is 11.4 Å². The monoisotopic (exact) mass is 254 g/mol. The Balaban J connectivity index is 2.20. The molecule has 0 spiro atoms. The lowest BCUT2D eigenvalue weighted by Gasteiger charge is -2.28. The largest absolute Gasteiger partial charge is 0.372 e. The maximum Gasteiger partial charge on any atom is 0.0949 e. The van der Waals surface area contributed by atoms with E-state index in [2.05, 4.69) is 47.1 Å². The average molecular weight is 255 g/mol. The summed E-state index contributed by atoms with van der Waals surface area (Å²) in [6, 6.07) is 8.58. The van der Waals surface area contributed by atoms with E-state index >= 15 is 0 Å². The molecule has 14 heavy (non-hydrogen) atoms. The van der Waals surface area contributed by atoms with Crippen molar-refractivity contribution in [3.05, 3.63) is 35.4 Å². The van der Waals surface area contributed by atoms with E-state index in [9.17, 15) is 0 Å². The molecule has 1 fully saturated rings. The van der Waals surface area contributed by atoms with Crippen LogP contribution in [0.4, 0.5) is 0 Å². The summed E-state index contributed by atoms with van der Waals surface area (Å²) in [5.41, 5.74) is 2.60. The van der Waals surface area contributed by atoms with Gasteiger partial charge in [0.2, 0.25) is 0 Å². The number of benzene rings is 1. The van der Waals surface area contributed by atoms with Gasteiger partial charge in [-0.15, -0.1) is 0 Å². The molecule has 0 N–H and O–H groups in total. The molecule has 0 aromatic heterocycles. The van der Waals surface area contributed by atoms with Crippen LogP contribution in [0, 0.1) is 6.92 Å². The molecule has 0 radical (unpaired) electrons. The van der Waals surface area contributed by atoms with Crippen molar-refractivity contribution in [3.8, 4) is 0 Å². The maximum absolute atomic E-state index is 5.78. The minimum atomic E-state index is 0.239. The van der Waals surface area contributed by atoms with Gasteiger partial charge in [-0.25, -0.2) is 0 Å². The lowest BCUT2D eigenvalue weighted by Crippen LogP contribution is -2.22. The Morgan fingerprint density at radius 1 is 1.43 bits per heavy atom. The Morgan fingerprint density at radius 3 is 3.00 bits per heavy atom. The molecule has 76 valence electrons. The van der Waals surface area contributed by atoms with Crippen LogP contribution in [0.15, 0.2) is 24.3 Å². The topological polar surface area (TPSA) is 9.23 Å². The van der Waals surface area contributed by atoms with Crippen molar-refractivity contribution in [3.63, 3.8) is 0 Å². The van der Waals surface area contributed by atoms with E-state index in [0.29, 0.717) is 4.83 Å². The van der Waals surface area contributed by atoms with E-state index in [1.165, 1.54) is 17.5 Å². The van der Waals surface area contributed by atoms with Gasteiger partial charge in [0.05, 0.1) is 6.10 Å². The van der Waals surface area contributed by atoms with Crippen LogP contribution in [0.5, 0.6) is 0 Å². The number of rotatable bonds is 1. The lowest BCUT2D eigenvalue weighted by molar-refractivity contribution is 0.0217. The van der Waals surface area contributed by atoms with Crippen LogP contribution in [-0.2, 0) is 4.74 Å². The summed E-state index contributed by atoms with van der Waals surface area (Å²) in [5.74, 6) is 0. The summed E-state index contributed by atoms with van der Waals surface area (Å²) in [5, 5.41) is 0. The highest BCUT2D eigenvalue weighted by molar-refractivity contribution is 9.09. The third-order valence-electron chi connectivity index (χ3n) is 2.62. The zero-order valence-corrected chi connectivity index (χ0v) is 9.96. The Bertz CT molecular complexity index is 311. The predicted molar refractivity (Wildman–Crippen MR) is 61.8 cm³/mol. The quantitative estimate of drug-likeness (QED) is 0.696. The molecule has 1 aliphatic heterocycles. The zero-order valence-electron chi connectivity index (χ0n) is 8.37. The van der Waals surface area contributed by atoms with Crippen LogP contribution in [0.1, 0.15) is 30.1 Å². The van der Waals surface area contributed by atoms with Crippen LogP contribution < -0.4 is 0 Å². The van der Waals surface area contributed by atoms with Crippen molar-refractivity contribution in [2.45, 2.75) is 30.7 Å². The highest BCUT2D eigenvalue weighted by Crippen LogP contribution is 2.33. The predicted octanol–water partition coefficient (Wildman–Crippen LogP) is 3.61. The first-order valence-electron chi connectivity index (χ1n) is 5.09. The molecule has 0 aliphatic carbocycles. The molecule has 0 saturated carbocycles. The van der Waals surface area contributed by atoms with Crippen LogP contribution >= 0.6 is 15.9 Å². The van der Waals surface area contributed by atoms with E-state index in [4.69, 9.17) is 4.74 Å². The van der Waals surface area contributed by atoms with Crippen molar-refractivity contribution in [1.29, 1.82) is 0 Å². The standard InChI is InChI=1S/C12H15BrO/c1-9-4-2-5-10(8-9)12-11(13)6-3-7-14-12/h2,4-5,8,11-12H,3,6-7H2,1H3/t11-,12-/m1/s1. The van der Waals surface area contributed by atoms with Gasteiger partial charge in [-0.2, -0.15) is 0 Å². The third kappa shape index (κ3) is 2.18. The second kappa shape index (κ2) is 4.45. The summed E-state index contributed by atoms with van der Waals surface area (Å²) in [4.78, 5) is 0.470. The van der Waals surface area contributed by atoms with E-state index < -0.39 is 0 Å². The first-order valence-corrected chi connectivity index (χ1v) is 6.01. The minimum Gasteiger partial charge on any atom is -0.372 e. The summed E-state index contributed by atoms with van der Waals surface area (Å²) < 4.78 is 5.78.